The molecule has 2 aliphatic heterocycles. The quantitative estimate of drug-likeness (QED) is 0.494. The van der Waals surface area contributed by atoms with Crippen LogP contribution in [0.1, 0.15) is 48.7 Å². The molecular weight excluding hydrogens is 430 g/mol. The zero-order valence-electron chi connectivity index (χ0n) is 19.3. The molecule has 2 aliphatic rings. The van der Waals surface area contributed by atoms with Crippen LogP contribution in [0.4, 0.5) is 5.69 Å². The fourth-order valence-electron chi connectivity index (χ4n) is 4.09. The second kappa shape index (κ2) is 9.22. The molecule has 1 atom stereocenters. The number of carbonyl (C=O) groups excluding carboxylic acids is 2. The van der Waals surface area contributed by atoms with Gasteiger partial charge in [0.2, 0.25) is 12.3 Å². The highest BCUT2D eigenvalue weighted by atomic mass is 32.1. The maximum Gasteiger partial charge on any atom is 0.348 e. The standard InChI is InChI=1S/C23H31N3O5S/c1-22(2,3)8-6-17-10-18(20(32-17)21(29)30)26(15-27)16-7-9-25(11-16)19(28)12-31-23(4)13-24(5)14-23/h10,15-16H,7,9,11-14H2,1-5H3,(H,29,30)/t16-/m0/s1. The Morgan fingerprint density at radius 2 is 2.09 bits per heavy atom. The number of carboxylic acid groups (broad SMARTS) is 1. The fraction of sp³-hybridized carbons (Fsp3) is 0.609. The average molecular weight is 462 g/mol. The van der Waals surface area contributed by atoms with Gasteiger partial charge < -0.3 is 24.5 Å². The van der Waals surface area contributed by atoms with Gasteiger partial charge in [0, 0.05) is 31.6 Å². The third kappa shape index (κ3) is 5.68. The van der Waals surface area contributed by atoms with E-state index in [9.17, 15) is 19.5 Å². The minimum absolute atomic E-state index is 0.00349. The number of hydrogen-bond acceptors (Lipinski definition) is 6. The Morgan fingerprint density at radius 3 is 2.66 bits per heavy atom. The van der Waals surface area contributed by atoms with Crippen LogP contribution in [0.2, 0.25) is 0 Å². The minimum Gasteiger partial charge on any atom is -0.477 e. The summed E-state index contributed by atoms with van der Waals surface area (Å²) in [6.45, 7) is 10.3. The van der Waals surface area contributed by atoms with E-state index in [1.807, 2.05) is 34.7 Å². The van der Waals surface area contributed by atoms with Crippen molar-refractivity contribution in [3.05, 3.63) is 15.8 Å². The molecule has 2 amide bonds. The van der Waals surface area contributed by atoms with E-state index in [1.54, 1.807) is 11.0 Å². The molecule has 0 bridgehead atoms. The van der Waals surface area contributed by atoms with Crippen molar-refractivity contribution in [3.63, 3.8) is 0 Å². The largest absolute Gasteiger partial charge is 0.477 e. The molecule has 3 rings (SSSR count). The van der Waals surface area contributed by atoms with Gasteiger partial charge in [0.1, 0.15) is 11.5 Å². The number of rotatable bonds is 7. The number of aromatic carboxylic acids is 1. The Morgan fingerprint density at radius 1 is 1.41 bits per heavy atom. The van der Waals surface area contributed by atoms with Crippen molar-refractivity contribution in [1.82, 2.24) is 9.80 Å². The number of hydrogen-bond donors (Lipinski definition) is 1. The van der Waals surface area contributed by atoms with E-state index in [2.05, 4.69) is 16.7 Å². The predicted molar refractivity (Wildman–Crippen MR) is 123 cm³/mol. The Balaban J connectivity index is 1.70. The number of thiophene rings is 1. The molecule has 9 heteroatoms. The van der Waals surface area contributed by atoms with E-state index < -0.39 is 5.97 Å². The summed E-state index contributed by atoms with van der Waals surface area (Å²) < 4.78 is 5.82. The zero-order chi connectivity index (χ0) is 23.7. The van der Waals surface area contributed by atoms with Crippen LogP contribution < -0.4 is 4.90 Å². The van der Waals surface area contributed by atoms with Gasteiger partial charge in [-0.15, -0.1) is 11.3 Å². The molecule has 1 aromatic rings. The molecule has 2 fully saturated rings. The van der Waals surface area contributed by atoms with Gasteiger partial charge in [0.15, 0.2) is 0 Å². The van der Waals surface area contributed by atoms with Crippen molar-refractivity contribution < 1.29 is 24.2 Å². The molecule has 0 unspecified atom stereocenters. The SMILES string of the molecule is CN1CC(C)(OCC(=O)N2CC[C@H](N(C=O)c3cc(C#CC(C)(C)C)sc3C(=O)O)C2)C1. The highest BCUT2D eigenvalue weighted by Crippen LogP contribution is 2.33. The molecule has 0 radical (unpaired) electrons. The molecule has 0 spiro atoms. The summed E-state index contributed by atoms with van der Waals surface area (Å²) in [5, 5.41) is 9.66. The number of likely N-dealkylation sites (tertiary alicyclic amines) is 2. The Hall–Kier alpha value is -2.41. The van der Waals surface area contributed by atoms with Crippen molar-refractivity contribution in [2.24, 2.45) is 5.41 Å². The molecule has 1 aromatic heterocycles. The first-order valence-electron chi connectivity index (χ1n) is 10.6. The van der Waals surface area contributed by atoms with Gasteiger partial charge in [-0.2, -0.15) is 0 Å². The van der Waals surface area contributed by atoms with E-state index in [0.29, 0.717) is 36.5 Å². The zero-order valence-corrected chi connectivity index (χ0v) is 20.1. The maximum absolute atomic E-state index is 12.6. The second-order valence-corrected chi connectivity index (χ2v) is 10.9. The van der Waals surface area contributed by atoms with Crippen molar-refractivity contribution in [3.8, 4) is 11.8 Å². The van der Waals surface area contributed by atoms with Gasteiger partial charge in [0.25, 0.3) is 0 Å². The van der Waals surface area contributed by atoms with E-state index >= 15 is 0 Å². The monoisotopic (exact) mass is 461 g/mol. The van der Waals surface area contributed by atoms with Crippen molar-refractivity contribution in [2.45, 2.75) is 45.8 Å². The van der Waals surface area contributed by atoms with E-state index in [4.69, 9.17) is 4.74 Å². The molecule has 32 heavy (non-hydrogen) atoms. The van der Waals surface area contributed by atoms with Crippen LogP contribution in [0, 0.1) is 17.3 Å². The first-order chi connectivity index (χ1) is 14.9. The lowest BCUT2D eigenvalue weighted by atomic mass is 9.98. The van der Waals surface area contributed by atoms with Crippen LogP contribution >= 0.6 is 11.3 Å². The Kier molecular flexibility index (Phi) is 6.98. The number of ether oxygens (including phenoxy) is 1. The van der Waals surface area contributed by atoms with Gasteiger partial charge in [-0.3, -0.25) is 9.59 Å². The lowest BCUT2D eigenvalue weighted by Gasteiger charge is -2.45. The first-order valence-corrected chi connectivity index (χ1v) is 11.5. The summed E-state index contributed by atoms with van der Waals surface area (Å²) in [5.41, 5.74) is -0.190. The molecule has 8 nitrogen and oxygen atoms in total. The lowest BCUT2D eigenvalue weighted by Crippen LogP contribution is -2.60. The average Bonchev–Trinajstić information content (AvgIpc) is 3.32. The van der Waals surface area contributed by atoms with E-state index in [-0.39, 0.29) is 34.4 Å². The predicted octanol–water partition coefficient (Wildman–Crippen LogP) is 2.13. The smallest absolute Gasteiger partial charge is 0.348 e. The van der Waals surface area contributed by atoms with E-state index in [0.717, 1.165) is 24.4 Å². The summed E-state index contributed by atoms with van der Waals surface area (Å²) >= 11 is 1.06. The van der Waals surface area contributed by atoms with Gasteiger partial charge in [-0.05, 0) is 47.2 Å². The van der Waals surface area contributed by atoms with Crippen LogP contribution in [0.5, 0.6) is 0 Å². The molecule has 0 saturated carbocycles. The van der Waals surface area contributed by atoms with Gasteiger partial charge in [-0.25, -0.2) is 4.79 Å². The fourth-order valence-corrected chi connectivity index (χ4v) is 4.93. The van der Waals surface area contributed by atoms with Gasteiger partial charge in [-0.1, -0.05) is 11.8 Å². The summed E-state index contributed by atoms with van der Waals surface area (Å²) in [7, 11) is 2.00. The molecule has 1 N–H and O–H groups in total. The third-order valence-electron chi connectivity index (χ3n) is 5.52. The minimum atomic E-state index is -1.10. The molecule has 174 valence electrons. The lowest BCUT2D eigenvalue weighted by molar-refractivity contribution is -0.156. The molecule has 2 saturated heterocycles. The highest BCUT2D eigenvalue weighted by molar-refractivity contribution is 7.15. The van der Waals surface area contributed by atoms with Crippen LogP contribution in [-0.2, 0) is 14.3 Å². The van der Waals surface area contributed by atoms with Crippen LogP contribution in [0.15, 0.2) is 6.07 Å². The topological polar surface area (TPSA) is 90.4 Å². The number of likely N-dealkylation sites (N-methyl/N-ethyl adjacent to an activating group) is 1. The number of carbonyl (C=O) groups is 3. The summed E-state index contributed by atoms with van der Waals surface area (Å²) in [4.78, 5) is 42.3. The molecule has 0 aromatic carbocycles. The van der Waals surface area contributed by atoms with Crippen LogP contribution in [-0.4, -0.2) is 84.7 Å². The van der Waals surface area contributed by atoms with Gasteiger partial charge >= 0.3 is 5.97 Å². The third-order valence-corrected chi connectivity index (χ3v) is 6.55. The highest BCUT2D eigenvalue weighted by Gasteiger charge is 2.39. The molecule has 0 aliphatic carbocycles. The summed E-state index contributed by atoms with van der Waals surface area (Å²) in [6, 6.07) is 1.36. The van der Waals surface area contributed by atoms with E-state index in [1.165, 1.54) is 4.90 Å². The van der Waals surface area contributed by atoms with Crippen molar-refractivity contribution in [2.75, 3.05) is 44.7 Å². The Bertz CT molecular complexity index is 949. The first kappa shape index (κ1) is 24.2. The second-order valence-electron chi connectivity index (χ2n) is 9.84. The number of nitrogens with zero attached hydrogens (tertiary/aromatic N) is 3. The van der Waals surface area contributed by atoms with Crippen molar-refractivity contribution in [1.29, 1.82) is 0 Å². The summed E-state index contributed by atoms with van der Waals surface area (Å²) in [5.74, 6) is 4.90. The number of amides is 2. The molecular formula is C23H31N3O5S. The van der Waals surface area contributed by atoms with Gasteiger partial charge in [0.05, 0.1) is 22.2 Å². The Labute approximate surface area is 193 Å². The van der Waals surface area contributed by atoms with Crippen LogP contribution in [0.3, 0.4) is 0 Å². The maximum atomic E-state index is 12.6. The summed E-state index contributed by atoms with van der Waals surface area (Å²) in [6.07, 6.45) is 1.22. The molecule has 3 heterocycles. The van der Waals surface area contributed by atoms with Crippen LogP contribution in [0.25, 0.3) is 0 Å². The van der Waals surface area contributed by atoms with Crippen molar-refractivity contribution >= 4 is 35.3 Å². The number of anilines is 1. The number of carboxylic acids is 1. The normalized spacial score (nSPS) is 20.3.